The van der Waals surface area contributed by atoms with Crippen molar-refractivity contribution in [3.8, 4) is 0 Å². The third-order valence-electron chi connectivity index (χ3n) is 2.48. The molecule has 6 heteroatoms. The lowest BCUT2D eigenvalue weighted by Gasteiger charge is -2.35. The fraction of sp³-hybridized carbons (Fsp3) is 0.750. The van der Waals surface area contributed by atoms with Crippen molar-refractivity contribution < 1.29 is 9.59 Å². The maximum atomic E-state index is 10.2. The Labute approximate surface area is 81.1 Å². The lowest BCUT2D eigenvalue weighted by Crippen LogP contribution is -2.54. The molecule has 0 aromatic carbocycles. The average molecular weight is 196 g/mol. The molecule has 0 aromatic heterocycles. The topological polar surface area (TPSA) is 111 Å². The summed E-state index contributed by atoms with van der Waals surface area (Å²) in [6.07, 6.45) is 4.35. The maximum Gasteiger partial charge on any atom is 0.236 e. The molecule has 1 aliphatic rings. The first kappa shape index (κ1) is 10.8. The number of nitrogens with two attached hydrogens (primary N) is 2. The molecule has 0 amide bonds. The van der Waals surface area contributed by atoms with Crippen molar-refractivity contribution in [3.63, 3.8) is 0 Å². The molecule has 4 N–H and O–H groups in total. The van der Waals surface area contributed by atoms with Gasteiger partial charge in [0.1, 0.15) is 11.7 Å². The molecule has 0 aromatic rings. The van der Waals surface area contributed by atoms with Crippen LogP contribution in [0.4, 0.5) is 0 Å². The summed E-state index contributed by atoms with van der Waals surface area (Å²) in [6, 6.07) is -0.624. The Morgan fingerprint density at radius 3 is 2.64 bits per heavy atom. The molecule has 3 unspecified atom stereocenters. The lowest BCUT2D eigenvalue weighted by atomic mass is 9.83. The summed E-state index contributed by atoms with van der Waals surface area (Å²) in [4.78, 5) is 27.3. The Morgan fingerprint density at radius 2 is 2.07 bits per heavy atom. The van der Waals surface area contributed by atoms with Crippen LogP contribution in [0.25, 0.3) is 0 Å². The molecule has 0 bridgehead atoms. The largest absolute Gasteiger partial charge is 0.328 e. The van der Waals surface area contributed by atoms with Gasteiger partial charge in [0.05, 0.1) is 0 Å². The molecular formula is C8H12N4O2. The van der Waals surface area contributed by atoms with Crippen molar-refractivity contribution >= 4 is 12.2 Å². The smallest absolute Gasteiger partial charge is 0.236 e. The van der Waals surface area contributed by atoms with Crippen LogP contribution in [-0.4, -0.2) is 29.9 Å². The molecule has 0 saturated heterocycles. The van der Waals surface area contributed by atoms with Gasteiger partial charge in [-0.05, 0) is 19.3 Å². The van der Waals surface area contributed by atoms with Crippen molar-refractivity contribution in [3.05, 3.63) is 0 Å². The van der Waals surface area contributed by atoms with E-state index in [4.69, 9.17) is 11.5 Å². The highest BCUT2D eigenvalue weighted by Crippen LogP contribution is 2.28. The van der Waals surface area contributed by atoms with Gasteiger partial charge in [0.25, 0.3) is 0 Å². The highest BCUT2D eigenvalue weighted by molar-refractivity contribution is 5.37. The number of aliphatic imine (C=N–C) groups is 2. The maximum absolute atomic E-state index is 10.2. The highest BCUT2D eigenvalue weighted by atomic mass is 16.1. The summed E-state index contributed by atoms with van der Waals surface area (Å²) in [5, 5.41) is 0. The summed E-state index contributed by atoms with van der Waals surface area (Å²) in [6.45, 7) is 0. The van der Waals surface area contributed by atoms with E-state index >= 15 is 0 Å². The summed E-state index contributed by atoms with van der Waals surface area (Å²) < 4.78 is 0. The average Bonchev–Trinajstić information content (AvgIpc) is 2.13. The predicted molar refractivity (Wildman–Crippen MR) is 48.8 cm³/mol. The van der Waals surface area contributed by atoms with Crippen molar-refractivity contribution in [1.82, 2.24) is 0 Å². The Hall–Kier alpha value is -1.32. The van der Waals surface area contributed by atoms with Gasteiger partial charge in [-0.15, -0.1) is 0 Å². The summed E-state index contributed by atoms with van der Waals surface area (Å²) in [7, 11) is 0. The first-order valence-corrected chi connectivity index (χ1v) is 4.33. The van der Waals surface area contributed by atoms with Gasteiger partial charge in [0, 0.05) is 6.04 Å². The highest BCUT2D eigenvalue weighted by Gasteiger charge is 2.40. The Kier molecular flexibility index (Phi) is 3.28. The lowest BCUT2D eigenvalue weighted by molar-refractivity contribution is 0.243. The zero-order valence-corrected chi connectivity index (χ0v) is 7.64. The van der Waals surface area contributed by atoms with E-state index in [2.05, 4.69) is 9.98 Å². The predicted octanol–water partition coefficient (Wildman–Crippen LogP) is -0.807. The van der Waals surface area contributed by atoms with E-state index in [9.17, 15) is 9.59 Å². The van der Waals surface area contributed by atoms with Gasteiger partial charge >= 0.3 is 0 Å². The molecule has 1 saturated carbocycles. The third-order valence-corrected chi connectivity index (χ3v) is 2.48. The summed E-state index contributed by atoms with van der Waals surface area (Å²) in [5.74, 6) is 0. The molecule has 6 nitrogen and oxygen atoms in total. The van der Waals surface area contributed by atoms with E-state index in [-0.39, 0.29) is 6.04 Å². The van der Waals surface area contributed by atoms with Crippen molar-refractivity contribution in [1.29, 1.82) is 0 Å². The quantitative estimate of drug-likeness (QED) is 0.444. The summed E-state index contributed by atoms with van der Waals surface area (Å²) >= 11 is 0. The molecule has 0 spiro atoms. The van der Waals surface area contributed by atoms with Gasteiger partial charge in [0.2, 0.25) is 12.2 Å². The number of hydrogen-bond acceptors (Lipinski definition) is 6. The standard InChI is InChI=1S/C8H12N4O2/c9-6-1-2-8(10,12-5-14)7(3-6)11-4-13/h6-7H,1-3,9-10H2. The first-order chi connectivity index (χ1) is 6.62. The zero-order valence-electron chi connectivity index (χ0n) is 7.64. The molecule has 1 aliphatic carbocycles. The number of nitrogens with zero attached hydrogens (tertiary/aromatic N) is 2. The van der Waals surface area contributed by atoms with Crippen LogP contribution in [0.3, 0.4) is 0 Å². The molecule has 0 heterocycles. The number of rotatable bonds is 2. The van der Waals surface area contributed by atoms with E-state index < -0.39 is 11.7 Å². The molecule has 14 heavy (non-hydrogen) atoms. The van der Waals surface area contributed by atoms with Crippen LogP contribution < -0.4 is 11.5 Å². The van der Waals surface area contributed by atoms with Crippen molar-refractivity contribution in [2.75, 3.05) is 0 Å². The van der Waals surface area contributed by atoms with Crippen LogP contribution in [0.5, 0.6) is 0 Å². The molecule has 0 radical (unpaired) electrons. The molecule has 1 fully saturated rings. The fourth-order valence-electron chi connectivity index (χ4n) is 1.64. The van der Waals surface area contributed by atoms with Crippen LogP contribution >= 0.6 is 0 Å². The van der Waals surface area contributed by atoms with Gasteiger partial charge < -0.3 is 11.5 Å². The molecule has 3 atom stereocenters. The van der Waals surface area contributed by atoms with Crippen molar-refractivity contribution in [2.24, 2.45) is 21.5 Å². The minimum absolute atomic E-state index is 0.0596. The molecule has 0 aliphatic heterocycles. The second-order valence-corrected chi connectivity index (χ2v) is 3.46. The van der Waals surface area contributed by atoms with Crippen molar-refractivity contribution in [2.45, 2.75) is 37.0 Å². The molecular weight excluding hydrogens is 184 g/mol. The number of carbonyl (C=O) groups excluding carboxylic acids is 2. The van der Waals surface area contributed by atoms with Crippen LogP contribution in [0.2, 0.25) is 0 Å². The Bertz CT molecular complexity index is 306. The van der Waals surface area contributed by atoms with Crippen LogP contribution in [0.15, 0.2) is 9.98 Å². The second-order valence-electron chi connectivity index (χ2n) is 3.46. The van der Waals surface area contributed by atoms with Gasteiger partial charge in [-0.3, -0.25) is 0 Å². The van der Waals surface area contributed by atoms with Gasteiger partial charge in [0.15, 0.2) is 0 Å². The summed E-state index contributed by atoms with van der Waals surface area (Å²) in [5.41, 5.74) is 10.4. The van der Waals surface area contributed by atoms with E-state index in [1.807, 2.05) is 0 Å². The minimum Gasteiger partial charge on any atom is -0.328 e. The first-order valence-electron chi connectivity index (χ1n) is 4.33. The van der Waals surface area contributed by atoms with E-state index in [1.165, 1.54) is 12.2 Å². The van der Waals surface area contributed by atoms with Gasteiger partial charge in [-0.1, -0.05) is 0 Å². The molecule has 1 rings (SSSR count). The SMILES string of the molecule is NC1CCC(N)(N=C=O)C(N=C=O)C1. The van der Waals surface area contributed by atoms with Gasteiger partial charge in [-0.2, -0.15) is 9.98 Å². The van der Waals surface area contributed by atoms with E-state index in [0.717, 1.165) is 0 Å². The Balaban J connectivity index is 2.91. The number of hydrogen-bond donors (Lipinski definition) is 2. The van der Waals surface area contributed by atoms with Crippen LogP contribution in [-0.2, 0) is 9.59 Å². The zero-order chi connectivity index (χ0) is 10.6. The van der Waals surface area contributed by atoms with Gasteiger partial charge in [-0.25, -0.2) is 9.59 Å². The number of isocyanates is 2. The van der Waals surface area contributed by atoms with E-state index in [1.54, 1.807) is 0 Å². The van der Waals surface area contributed by atoms with E-state index in [0.29, 0.717) is 19.3 Å². The third kappa shape index (κ3) is 2.13. The normalized spacial score (nSPS) is 36.7. The molecule has 76 valence electrons. The monoisotopic (exact) mass is 196 g/mol. The fourth-order valence-corrected chi connectivity index (χ4v) is 1.64. The second kappa shape index (κ2) is 4.26. The minimum atomic E-state index is -1.13. The van der Waals surface area contributed by atoms with Crippen LogP contribution in [0.1, 0.15) is 19.3 Å². The van der Waals surface area contributed by atoms with Crippen LogP contribution in [0, 0.1) is 0 Å². The Morgan fingerprint density at radius 1 is 1.36 bits per heavy atom.